The number of hydrogen-bond donors (Lipinski definition) is 1. The summed E-state index contributed by atoms with van der Waals surface area (Å²) >= 11 is 12.1. The summed E-state index contributed by atoms with van der Waals surface area (Å²) in [6.45, 7) is 0.833. The molecule has 0 bridgehead atoms. The highest BCUT2D eigenvalue weighted by atomic mass is 35.5. The number of carbonyl (C=O) groups is 1. The number of hydrogen-bond acceptors (Lipinski definition) is 4. The molecule has 0 aliphatic rings. The number of anilines is 1. The number of nitrogens with zero attached hydrogens (tertiary/aromatic N) is 1. The molecular formula is C19H22Cl2N2O4S. The van der Waals surface area contributed by atoms with Gasteiger partial charge in [-0.2, -0.15) is 0 Å². The molecule has 0 aromatic heterocycles. The van der Waals surface area contributed by atoms with Gasteiger partial charge in [0.1, 0.15) is 12.4 Å². The Morgan fingerprint density at radius 2 is 1.82 bits per heavy atom. The van der Waals surface area contributed by atoms with Crippen LogP contribution < -0.4 is 14.4 Å². The van der Waals surface area contributed by atoms with E-state index in [-0.39, 0.29) is 28.9 Å². The van der Waals surface area contributed by atoms with Crippen LogP contribution in [0.2, 0.25) is 10.0 Å². The number of amides is 1. The third kappa shape index (κ3) is 6.89. The molecule has 0 radical (unpaired) electrons. The second kappa shape index (κ2) is 10.5. The van der Waals surface area contributed by atoms with Crippen LogP contribution in [-0.4, -0.2) is 40.3 Å². The molecule has 2 aromatic rings. The fourth-order valence-corrected chi connectivity index (χ4v) is 3.92. The number of halogens is 2. The summed E-state index contributed by atoms with van der Waals surface area (Å²) in [5.41, 5.74) is 0.299. The fraction of sp³-hybridized carbons (Fsp3) is 0.316. The monoisotopic (exact) mass is 444 g/mol. The summed E-state index contributed by atoms with van der Waals surface area (Å²) in [7, 11) is -3.57. The van der Waals surface area contributed by atoms with Gasteiger partial charge in [0.25, 0.3) is 0 Å². The van der Waals surface area contributed by atoms with E-state index in [0.717, 1.165) is 16.3 Å². The molecule has 0 atom stereocenters. The molecule has 0 fully saturated rings. The van der Waals surface area contributed by atoms with Crippen molar-refractivity contribution in [3.63, 3.8) is 0 Å². The minimum absolute atomic E-state index is 0.118. The summed E-state index contributed by atoms with van der Waals surface area (Å²) in [5.74, 6) is 0.557. The van der Waals surface area contributed by atoms with Gasteiger partial charge in [-0.15, -0.1) is 0 Å². The summed E-state index contributed by atoms with van der Waals surface area (Å²) < 4.78 is 30.9. The standard InChI is InChI=1S/C19H22Cl2N2O4S/c1-28(25,26)23(17-10-5-9-16(20)19(17)21)13-6-11-18(24)22-12-14-27-15-7-3-2-4-8-15/h2-5,7-10H,6,11-14H2,1H3,(H,22,24). The molecule has 28 heavy (non-hydrogen) atoms. The topological polar surface area (TPSA) is 75.7 Å². The third-order valence-electron chi connectivity index (χ3n) is 3.80. The lowest BCUT2D eigenvalue weighted by molar-refractivity contribution is -0.121. The first-order valence-corrected chi connectivity index (χ1v) is 11.3. The van der Waals surface area contributed by atoms with Crippen molar-refractivity contribution in [1.29, 1.82) is 0 Å². The maximum Gasteiger partial charge on any atom is 0.232 e. The van der Waals surface area contributed by atoms with Crippen LogP contribution in [0.3, 0.4) is 0 Å². The molecule has 0 unspecified atom stereocenters. The molecule has 2 rings (SSSR count). The first-order valence-electron chi connectivity index (χ1n) is 8.65. The van der Waals surface area contributed by atoms with Gasteiger partial charge in [0, 0.05) is 13.0 Å². The largest absolute Gasteiger partial charge is 0.492 e. The Morgan fingerprint density at radius 1 is 1.11 bits per heavy atom. The van der Waals surface area contributed by atoms with E-state index >= 15 is 0 Å². The zero-order chi connectivity index (χ0) is 20.6. The van der Waals surface area contributed by atoms with E-state index in [4.69, 9.17) is 27.9 Å². The van der Waals surface area contributed by atoms with Gasteiger partial charge in [-0.3, -0.25) is 9.10 Å². The number of para-hydroxylation sites is 1. The van der Waals surface area contributed by atoms with Crippen molar-refractivity contribution in [2.24, 2.45) is 0 Å². The van der Waals surface area contributed by atoms with E-state index in [1.807, 2.05) is 30.3 Å². The second-order valence-corrected chi connectivity index (χ2v) is 8.72. The molecule has 152 valence electrons. The molecule has 6 nitrogen and oxygen atoms in total. The maximum absolute atomic E-state index is 12.1. The van der Waals surface area contributed by atoms with Crippen LogP contribution in [0.25, 0.3) is 0 Å². The van der Waals surface area contributed by atoms with Crippen molar-refractivity contribution in [2.75, 3.05) is 30.3 Å². The number of carbonyl (C=O) groups excluding carboxylic acids is 1. The van der Waals surface area contributed by atoms with Crippen molar-refractivity contribution in [3.8, 4) is 5.75 Å². The molecule has 2 aromatic carbocycles. The summed E-state index contributed by atoms with van der Waals surface area (Å²) in [6, 6.07) is 14.1. The Balaban J connectivity index is 1.80. The number of nitrogens with one attached hydrogen (secondary N) is 1. The van der Waals surface area contributed by atoms with Gasteiger partial charge >= 0.3 is 0 Å². The van der Waals surface area contributed by atoms with Crippen LogP contribution in [0.15, 0.2) is 48.5 Å². The first kappa shape index (κ1) is 22.3. The molecule has 0 saturated heterocycles. The average molecular weight is 445 g/mol. The van der Waals surface area contributed by atoms with Crippen molar-refractivity contribution in [2.45, 2.75) is 12.8 Å². The normalized spacial score (nSPS) is 11.1. The number of rotatable bonds is 10. The van der Waals surface area contributed by atoms with Crippen molar-refractivity contribution in [1.82, 2.24) is 5.32 Å². The van der Waals surface area contributed by atoms with Crippen LogP contribution in [0.4, 0.5) is 5.69 Å². The lowest BCUT2D eigenvalue weighted by Gasteiger charge is -2.23. The van der Waals surface area contributed by atoms with E-state index in [2.05, 4.69) is 5.32 Å². The molecule has 1 amide bonds. The van der Waals surface area contributed by atoms with E-state index in [1.165, 1.54) is 0 Å². The van der Waals surface area contributed by atoms with Gasteiger partial charge in [0.05, 0.1) is 28.5 Å². The van der Waals surface area contributed by atoms with Gasteiger partial charge < -0.3 is 10.1 Å². The minimum Gasteiger partial charge on any atom is -0.492 e. The van der Waals surface area contributed by atoms with Crippen LogP contribution >= 0.6 is 23.2 Å². The Kier molecular flexibility index (Phi) is 8.41. The van der Waals surface area contributed by atoms with Gasteiger partial charge in [0.15, 0.2) is 0 Å². The molecule has 0 aliphatic heterocycles. The highest BCUT2D eigenvalue weighted by Crippen LogP contribution is 2.33. The highest BCUT2D eigenvalue weighted by Gasteiger charge is 2.21. The zero-order valence-electron chi connectivity index (χ0n) is 15.4. The molecular weight excluding hydrogens is 423 g/mol. The minimum atomic E-state index is -3.57. The van der Waals surface area contributed by atoms with Crippen LogP contribution in [0.5, 0.6) is 5.75 Å². The van der Waals surface area contributed by atoms with Crippen LogP contribution in [0.1, 0.15) is 12.8 Å². The number of sulfonamides is 1. The molecule has 0 spiro atoms. The quantitative estimate of drug-likeness (QED) is 0.566. The number of ether oxygens (including phenoxy) is 1. The van der Waals surface area contributed by atoms with Crippen LogP contribution in [-0.2, 0) is 14.8 Å². The van der Waals surface area contributed by atoms with E-state index in [1.54, 1.807) is 18.2 Å². The second-order valence-electron chi connectivity index (χ2n) is 6.02. The van der Waals surface area contributed by atoms with Crippen LogP contribution in [0, 0.1) is 0 Å². The SMILES string of the molecule is CS(=O)(=O)N(CCCC(=O)NCCOc1ccccc1)c1cccc(Cl)c1Cl. The summed E-state index contributed by atoms with van der Waals surface area (Å²) in [5, 5.41) is 3.18. The highest BCUT2D eigenvalue weighted by molar-refractivity contribution is 7.92. The van der Waals surface area contributed by atoms with Gasteiger partial charge in [-0.1, -0.05) is 47.5 Å². The predicted octanol–water partition coefficient (Wildman–Crippen LogP) is 3.73. The lowest BCUT2D eigenvalue weighted by atomic mass is 10.2. The Bertz CT molecular complexity index is 892. The molecule has 0 saturated carbocycles. The molecule has 1 N–H and O–H groups in total. The molecule has 0 aliphatic carbocycles. The fourth-order valence-electron chi connectivity index (χ4n) is 2.50. The van der Waals surface area contributed by atoms with Crippen molar-refractivity contribution < 1.29 is 17.9 Å². The first-order chi connectivity index (χ1) is 13.3. The Morgan fingerprint density at radius 3 is 2.50 bits per heavy atom. The zero-order valence-corrected chi connectivity index (χ0v) is 17.7. The Labute approximate surface area is 175 Å². The number of benzene rings is 2. The van der Waals surface area contributed by atoms with Crippen molar-refractivity contribution >= 4 is 44.8 Å². The van der Waals surface area contributed by atoms with E-state index in [9.17, 15) is 13.2 Å². The summed E-state index contributed by atoms with van der Waals surface area (Å²) in [6.07, 6.45) is 1.60. The van der Waals surface area contributed by atoms with E-state index < -0.39 is 10.0 Å². The molecule has 0 heterocycles. The third-order valence-corrected chi connectivity index (χ3v) is 5.79. The van der Waals surface area contributed by atoms with Gasteiger partial charge in [0.2, 0.25) is 15.9 Å². The van der Waals surface area contributed by atoms with E-state index in [0.29, 0.717) is 25.3 Å². The average Bonchev–Trinajstić information content (AvgIpc) is 2.65. The Hall–Kier alpha value is -1.96. The van der Waals surface area contributed by atoms with Crippen molar-refractivity contribution in [3.05, 3.63) is 58.6 Å². The van der Waals surface area contributed by atoms with Gasteiger partial charge in [-0.25, -0.2) is 8.42 Å². The molecule has 9 heteroatoms. The van der Waals surface area contributed by atoms with Gasteiger partial charge in [-0.05, 0) is 30.7 Å². The smallest absolute Gasteiger partial charge is 0.232 e. The maximum atomic E-state index is 12.1. The summed E-state index contributed by atoms with van der Waals surface area (Å²) in [4.78, 5) is 12.0. The lowest BCUT2D eigenvalue weighted by Crippen LogP contribution is -2.33. The predicted molar refractivity (Wildman–Crippen MR) is 113 cm³/mol.